The molecule has 31 heavy (non-hydrogen) atoms. The van der Waals surface area contributed by atoms with Gasteiger partial charge in [-0.15, -0.1) is 9.89 Å². The van der Waals surface area contributed by atoms with E-state index >= 15 is 0 Å². The molecule has 1 N–H and O–H groups in total. The van der Waals surface area contributed by atoms with Crippen LogP contribution >= 0.6 is 0 Å². The molecular formula is C26H29N3O2. The molecule has 0 radical (unpaired) electrons. The maximum absolute atomic E-state index is 13.0. The summed E-state index contributed by atoms with van der Waals surface area (Å²) in [6, 6.07) is 15.7. The van der Waals surface area contributed by atoms with Crippen LogP contribution in [0.15, 0.2) is 53.3 Å². The van der Waals surface area contributed by atoms with Gasteiger partial charge in [0.05, 0.1) is 5.39 Å². The third-order valence-electron chi connectivity index (χ3n) is 7.22. The summed E-state index contributed by atoms with van der Waals surface area (Å²) < 4.78 is 0. The molecule has 3 atom stereocenters. The SMILES string of the molecule is CC(C)c1ccc(-c2nn(NC(=O)CC3CC4CCC3C4)c(=O)c3ccccc23)cc1. The number of nitrogens with zero attached hydrogens (tertiary/aromatic N) is 2. The van der Waals surface area contributed by atoms with Gasteiger partial charge in [0.1, 0.15) is 5.69 Å². The van der Waals surface area contributed by atoms with E-state index in [9.17, 15) is 9.59 Å². The van der Waals surface area contributed by atoms with Crippen LogP contribution in [-0.4, -0.2) is 15.8 Å². The van der Waals surface area contributed by atoms with E-state index in [2.05, 4.69) is 36.5 Å². The molecule has 2 saturated carbocycles. The van der Waals surface area contributed by atoms with E-state index in [1.807, 2.05) is 30.3 Å². The van der Waals surface area contributed by atoms with Crippen LogP contribution in [0.2, 0.25) is 0 Å². The van der Waals surface area contributed by atoms with E-state index in [0.29, 0.717) is 35.3 Å². The molecule has 0 spiro atoms. The van der Waals surface area contributed by atoms with Gasteiger partial charge in [0.25, 0.3) is 5.56 Å². The summed E-state index contributed by atoms with van der Waals surface area (Å²) in [5.41, 5.74) is 5.37. The number of carbonyl (C=O) groups excluding carboxylic acids is 1. The van der Waals surface area contributed by atoms with Crippen molar-refractivity contribution in [3.8, 4) is 11.3 Å². The summed E-state index contributed by atoms with van der Waals surface area (Å²) in [6.45, 7) is 4.32. The van der Waals surface area contributed by atoms with E-state index < -0.39 is 0 Å². The van der Waals surface area contributed by atoms with Crippen molar-refractivity contribution in [1.29, 1.82) is 0 Å². The third kappa shape index (κ3) is 3.78. The summed E-state index contributed by atoms with van der Waals surface area (Å²) in [4.78, 5) is 27.0. The fraction of sp³-hybridized carbons (Fsp3) is 0.423. The molecule has 0 saturated heterocycles. The van der Waals surface area contributed by atoms with Crippen molar-refractivity contribution >= 4 is 16.7 Å². The molecule has 2 aromatic carbocycles. The number of fused-ring (bicyclic) bond motifs is 3. The number of hydrogen-bond acceptors (Lipinski definition) is 3. The van der Waals surface area contributed by atoms with Crippen molar-refractivity contribution in [2.24, 2.45) is 17.8 Å². The van der Waals surface area contributed by atoms with Crippen molar-refractivity contribution in [3.63, 3.8) is 0 Å². The predicted molar refractivity (Wildman–Crippen MR) is 123 cm³/mol. The smallest absolute Gasteiger partial charge is 0.273 e. The number of aromatic nitrogens is 2. The van der Waals surface area contributed by atoms with Crippen molar-refractivity contribution in [2.75, 3.05) is 5.43 Å². The molecule has 2 bridgehead atoms. The van der Waals surface area contributed by atoms with Crippen LogP contribution in [0.1, 0.15) is 57.4 Å². The first kappa shape index (κ1) is 20.0. The lowest BCUT2D eigenvalue weighted by Crippen LogP contribution is -2.36. The van der Waals surface area contributed by atoms with Crippen LogP contribution in [0.25, 0.3) is 22.0 Å². The van der Waals surface area contributed by atoms with Gasteiger partial charge in [-0.1, -0.05) is 62.7 Å². The molecule has 3 aromatic rings. The van der Waals surface area contributed by atoms with Crippen molar-refractivity contribution in [2.45, 2.75) is 51.9 Å². The average molecular weight is 416 g/mol. The van der Waals surface area contributed by atoms with Gasteiger partial charge in [-0.25, -0.2) is 5.43 Å². The van der Waals surface area contributed by atoms with Crippen LogP contribution in [0.5, 0.6) is 0 Å². The minimum Gasteiger partial charge on any atom is -0.273 e. The third-order valence-corrected chi connectivity index (χ3v) is 7.22. The van der Waals surface area contributed by atoms with E-state index in [4.69, 9.17) is 0 Å². The Morgan fingerprint density at radius 1 is 1.06 bits per heavy atom. The number of amides is 1. The molecule has 5 nitrogen and oxygen atoms in total. The van der Waals surface area contributed by atoms with Gasteiger partial charge in [0.15, 0.2) is 0 Å². The highest BCUT2D eigenvalue weighted by atomic mass is 16.2. The highest BCUT2D eigenvalue weighted by Crippen LogP contribution is 2.49. The van der Waals surface area contributed by atoms with Gasteiger partial charge < -0.3 is 0 Å². The molecule has 1 aromatic heterocycles. The molecule has 160 valence electrons. The average Bonchev–Trinajstić information content (AvgIpc) is 3.39. The number of nitrogens with one attached hydrogen (secondary N) is 1. The summed E-state index contributed by atoms with van der Waals surface area (Å²) in [6.07, 6.45) is 5.44. The summed E-state index contributed by atoms with van der Waals surface area (Å²) in [5.74, 6) is 2.23. The Morgan fingerprint density at radius 2 is 1.81 bits per heavy atom. The molecule has 0 aliphatic heterocycles. The first-order chi connectivity index (χ1) is 15.0. The number of carbonyl (C=O) groups is 1. The zero-order valence-corrected chi connectivity index (χ0v) is 18.2. The summed E-state index contributed by atoms with van der Waals surface area (Å²) >= 11 is 0. The Kier molecular flexibility index (Phi) is 5.12. The molecule has 5 heteroatoms. The van der Waals surface area contributed by atoms with Gasteiger partial charge >= 0.3 is 0 Å². The minimum absolute atomic E-state index is 0.122. The van der Waals surface area contributed by atoms with Crippen LogP contribution in [0.3, 0.4) is 0 Å². The second-order valence-corrected chi connectivity index (χ2v) is 9.56. The first-order valence-corrected chi connectivity index (χ1v) is 11.4. The topological polar surface area (TPSA) is 64.0 Å². The van der Waals surface area contributed by atoms with E-state index in [-0.39, 0.29) is 11.5 Å². The molecular weight excluding hydrogens is 386 g/mol. The zero-order chi connectivity index (χ0) is 21.5. The minimum atomic E-state index is -0.292. The molecule has 2 fully saturated rings. The lowest BCUT2D eigenvalue weighted by molar-refractivity contribution is -0.118. The second kappa shape index (κ2) is 7.95. The maximum atomic E-state index is 13.0. The summed E-state index contributed by atoms with van der Waals surface area (Å²) in [5, 5.41) is 5.93. The van der Waals surface area contributed by atoms with Gasteiger partial charge in [-0.2, -0.15) is 0 Å². The van der Waals surface area contributed by atoms with Crippen molar-refractivity contribution in [1.82, 2.24) is 9.89 Å². The standard InChI is InChI=1S/C26H29N3O2/c1-16(2)18-9-11-19(12-10-18)25-22-5-3-4-6-23(22)26(31)29(28-25)27-24(30)15-21-14-17-7-8-20(21)13-17/h3-6,9-12,16-17,20-21H,7-8,13-15H2,1-2H3,(H,27,30). The Morgan fingerprint density at radius 3 is 2.45 bits per heavy atom. The van der Waals surface area contributed by atoms with Crippen LogP contribution < -0.4 is 11.0 Å². The summed E-state index contributed by atoms with van der Waals surface area (Å²) in [7, 11) is 0. The normalized spacial score (nSPS) is 22.4. The first-order valence-electron chi connectivity index (χ1n) is 11.4. The largest absolute Gasteiger partial charge is 0.294 e. The predicted octanol–water partition coefficient (Wildman–Crippen LogP) is 5.08. The van der Waals surface area contributed by atoms with Gasteiger partial charge in [0, 0.05) is 17.4 Å². The lowest BCUT2D eigenvalue weighted by Gasteiger charge is -2.21. The van der Waals surface area contributed by atoms with Gasteiger partial charge in [0.2, 0.25) is 5.91 Å². The Labute approximate surface area is 182 Å². The Bertz CT molecular complexity index is 1180. The van der Waals surface area contributed by atoms with Crippen LogP contribution in [0.4, 0.5) is 0 Å². The molecule has 1 heterocycles. The molecule has 3 unspecified atom stereocenters. The number of rotatable bonds is 5. The van der Waals surface area contributed by atoms with Gasteiger partial charge in [-0.05, 0) is 54.6 Å². The van der Waals surface area contributed by atoms with E-state index in [0.717, 1.165) is 28.1 Å². The van der Waals surface area contributed by atoms with Crippen LogP contribution in [-0.2, 0) is 4.79 Å². The molecule has 2 aliphatic rings. The fourth-order valence-corrected chi connectivity index (χ4v) is 5.53. The highest BCUT2D eigenvalue weighted by Gasteiger charge is 2.40. The Hall–Kier alpha value is -2.95. The molecule has 2 aliphatic carbocycles. The van der Waals surface area contributed by atoms with Crippen LogP contribution in [0, 0.1) is 17.8 Å². The van der Waals surface area contributed by atoms with E-state index in [1.165, 1.54) is 24.8 Å². The maximum Gasteiger partial charge on any atom is 0.294 e. The Balaban J connectivity index is 1.47. The molecule has 5 rings (SSSR count). The number of hydrogen-bond donors (Lipinski definition) is 1. The van der Waals surface area contributed by atoms with E-state index in [1.54, 1.807) is 6.07 Å². The monoisotopic (exact) mass is 415 g/mol. The quantitative estimate of drug-likeness (QED) is 0.632. The fourth-order valence-electron chi connectivity index (χ4n) is 5.53. The van der Waals surface area contributed by atoms with Gasteiger partial charge in [-0.3, -0.25) is 9.59 Å². The lowest BCUT2D eigenvalue weighted by atomic mass is 9.86. The van der Waals surface area contributed by atoms with Crippen molar-refractivity contribution < 1.29 is 4.79 Å². The highest BCUT2D eigenvalue weighted by molar-refractivity contribution is 5.94. The second-order valence-electron chi connectivity index (χ2n) is 9.56. The van der Waals surface area contributed by atoms with Crippen molar-refractivity contribution in [3.05, 3.63) is 64.4 Å². The number of benzene rings is 2. The zero-order valence-electron chi connectivity index (χ0n) is 18.2. The molecule has 1 amide bonds.